The number of nitrogens with one attached hydrogen (secondary N) is 5. The van der Waals surface area contributed by atoms with Crippen LogP contribution in [0.1, 0.15) is 32.6 Å². The van der Waals surface area contributed by atoms with E-state index in [1.807, 2.05) is 14.0 Å². The predicted molar refractivity (Wildman–Crippen MR) is 119 cm³/mol. The van der Waals surface area contributed by atoms with Crippen LogP contribution >= 0.6 is 11.6 Å². The number of rotatable bonds is 8. The van der Waals surface area contributed by atoms with Crippen molar-refractivity contribution in [3.8, 4) is 0 Å². The summed E-state index contributed by atoms with van der Waals surface area (Å²) in [7, 11) is -1.81. The zero-order chi connectivity index (χ0) is 23.5. The van der Waals surface area contributed by atoms with Gasteiger partial charge in [0, 0.05) is 31.8 Å². The van der Waals surface area contributed by atoms with Gasteiger partial charge < -0.3 is 10.6 Å². The van der Waals surface area contributed by atoms with Crippen LogP contribution in [0.4, 0.5) is 9.18 Å². The minimum Gasteiger partial charge on any atom is -0.338 e. The quantitative estimate of drug-likeness (QED) is 0.235. The molecule has 0 aromatic rings. The summed E-state index contributed by atoms with van der Waals surface area (Å²) in [5.41, 5.74) is 2.19. The minimum absolute atomic E-state index is 0.0334. The molecule has 0 aromatic carbocycles. The van der Waals surface area contributed by atoms with E-state index in [1.165, 1.54) is 0 Å². The van der Waals surface area contributed by atoms with Gasteiger partial charge in [-0.3, -0.25) is 20.4 Å². The molecule has 5 unspecified atom stereocenters. The summed E-state index contributed by atoms with van der Waals surface area (Å²) < 4.78 is 39.4. The number of carbonyl (C=O) groups is 2. The number of halogens is 2. The van der Waals surface area contributed by atoms with Crippen LogP contribution in [0.25, 0.3) is 0 Å². The number of hydrazine groups is 1. The van der Waals surface area contributed by atoms with Crippen LogP contribution in [0.3, 0.4) is 0 Å². The molecule has 1 aliphatic heterocycles. The van der Waals surface area contributed by atoms with Gasteiger partial charge in [-0.25, -0.2) is 17.6 Å². The average molecular weight is 497 g/mol. The van der Waals surface area contributed by atoms with Gasteiger partial charge in [-0.2, -0.15) is 0 Å². The maximum atomic E-state index is 14.7. The van der Waals surface area contributed by atoms with Crippen LogP contribution in [0.2, 0.25) is 0 Å². The lowest BCUT2D eigenvalue weighted by Crippen LogP contribution is -2.54. The number of likely N-dealkylation sites (N-methyl/N-ethyl adjacent to an activating group) is 1. The number of sulfonamides is 1. The predicted octanol–water partition coefficient (Wildman–Crippen LogP) is -0.132. The summed E-state index contributed by atoms with van der Waals surface area (Å²) in [4.78, 5) is 28.3. The highest BCUT2D eigenvalue weighted by Crippen LogP contribution is 2.37. The van der Waals surface area contributed by atoms with E-state index >= 15 is 0 Å². The molecule has 3 fully saturated rings. The Morgan fingerprint density at radius 1 is 1.22 bits per heavy atom. The highest BCUT2D eigenvalue weighted by molar-refractivity contribution is 7.89. The number of nitrogens with zero attached hydrogens (tertiary/aromatic N) is 1. The molecule has 184 valence electrons. The van der Waals surface area contributed by atoms with Gasteiger partial charge in [0.15, 0.2) is 0 Å². The molecule has 1 heterocycles. The Morgan fingerprint density at radius 2 is 1.94 bits per heavy atom. The van der Waals surface area contributed by atoms with Crippen molar-refractivity contribution in [2.24, 2.45) is 17.8 Å². The molecule has 10 nitrogen and oxygen atoms in total. The van der Waals surface area contributed by atoms with E-state index in [0.717, 1.165) is 13.2 Å². The first-order chi connectivity index (χ1) is 15.1. The van der Waals surface area contributed by atoms with Crippen LogP contribution in [0.5, 0.6) is 0 Å². The zero-order valence-corrected chi connectivity index (χ0v) is 20.0. The third kappa shape index (κ3) is 6.66. The summed E-state index contributed by atoms with van der Waals surface area (Å²) >= 11 is 6.20. The summed E-state index contributed by atoms with van der Waals surface area (Å²) in [6.45, 7) is 3.85. The SMILES string of the molecule is CCNC(=O)NC1CC(CS(=O)(=O)NNC(=O)C2CC(C3CN(C)CN3)CC(Cl)C2F)C1. The molecule has 0 radical (unpaired) electrons. The van der Waals surface area contributed by atoms with E-state index < -0.39 is 33.4 Å². The fourth-order valence-corrected chi connectivity index (χ4v) is 6.45. The Balaban J connectivity index is 1.45. The third-order valence-electron chi connectivity index (χ3n) is 6.55. The summed E-state index contributed by atoms with van der Waals surface area (Å²) in [5, 5.41) is 7.96. The second-order valence-corrected chi connectivity index (χ2v) is 11.5. The van der Waals surface area contributed by atoms with Crippen LogP contribution in [0, 0.1) is 17.8 Å². The van der Waals surface area contributed by atoms with Crippen molar-refractivity contribution in [2.45, 2.75) is 56.2 Å². The molecule has 5 N–H and O–H groups in total. The highest BCUT2D eigenvalue weighted by Gasteiger charge is 2.44. The van der Waals surface area contributed by atoms with E-state index in [-0.39, 0.29) is 35.7 Å². The monoisotopic (exact) mass is 496 g/mol. The fraction of sp³-hybridized carbons (Fsp3) is 0.895. The minimum atomic E-state index is -3.79. The van der Waals surface area contributed by atoms with E-state index in [9.17, 15) is 22.4 Å². The summed E-state index contributed by atoms with van der Waals surface area (Å²) in [6, 6.07) is -0.208. The van der Waals surface area contributed by atoms with Crippen LogP contribution < -0.4 is 26.2 Å². The molecule has 1 saturated heterocycles. The molecule has 3 amide bonds. The van der Waals surface area contributed by atoms with Crippen molar-refractivity contribution in [1.29, 1.82) is 0 Å². The highest BCUT2D eigenvalue weighted by atomic mass is 35.5. The lowest BCUT2D eigenvalue weighted by atomic mass is 9.76. The molecule has 3 rings (SSSR count). The maximum absolute atomic E-state index is 14.7. The first-order valence-corrected chi connectivity index (χ1v) is 13.2. The van der Waals surface area contributed by atoms with Gasteiger partial charge in [-0.05, 0) is 51.5 Å². The van der Waals surface area contributed by atoms with Crippen LogP contribution in [-0.2, 0) is 14.8 Å². The Morgan fingerprint density at radius 3 is 2.56 bits per heavy atom. The zero-order valence-electron chi connectivity index (χ0n) is 18.4. The van der Waals surface area contributed by atoms with Crippen molar-refractivity contribution in [3.05, 3.63) is 0 Å². The summed E-state index contributed by atoms with van der Waals surface area (Å²) in [6.07, 6.45) is 0.319. The van der Waals surface area contributed by atoms with Gasteiger partial charge in [-0.1, -0.05) is 0 Å². The lowest BCUT2D eigenvalue weighted by molar-refractivity contribution is -0.129. The topological polar surface area (TPSA) is 132 Å². The van der Waals surface area contributed by atoms with Crippen LogP contribution in [-0.4, -0.2) is 81.4 Å². The molecule has 0 bridgehead atoms. The van der Waals surface area contributed by atoms with Crippen molar-refractivity contribution in [1.82, 2.24) is 31.1 Å². The Bertz CT molecular complexity index is 784. The number of hydrogen-bond acceptors (Lipinski definition) is 6. The normalized spacial score (nSPS) is 35.7. The molecule has 0 spiro atoms. The standard InChI is InChI=1S/C19H34ClFN6O4S/c1-3-22-19(29)24-13-4-11(5-13)9-32(30,31)26-25-18(28)14-6-12(7-15(20)17(14)21)16-8-27(2)10-23-16/h11-17,23,26H,3-10H2,1-2H3,(H,25,28)(H2,22,24,29). The average Bonchev–Trinajstić information content (AvgIpc) is 3.13. The Kier molecular flexibility index (Phi) is 8.59. The summed E-state index contributed by atoms with van der Waals surface area (Å²) in [5.74, 6) is -1.98. The van der Waals surface area contributed by atoms with Crippen molar-refractivity contribution in [3.63, 3.8) is 0 Å². The number of amides is 3. The molecule has 0 aromatic heterocycles. The van der Waals surface area contributed by atoms with E-state index in [2.05, 4.69) is 31.1 Å². The van der Waals surface area contributed by atoms with Gasteiger partial charge in [0.25, 0.3) is 0 Å². The Labute approximate surface area is 193 Å². The van der Waals surface area contributed by atoms with E-state index in [0.29, 0.717) is 32.2 Å². The first kappa shape index (κ1) is 25.4. The largest absolute Gasteiger partial charge is 0.338 e. The molecule has 3 aliphatic rings. The van der Waals surface area contributed by atoms with Crippen molar-refractivity contribution in [2.75, 3.05) is 32.6 Å². The number of alkyl halides is 2. The first-order valence-electron chi connectivity index (χ1n) is 11.1. The lowest BCUT2D eigenvalue weighted by Gasteiger charge is -2.37. The van der Waals surface area contributed by atoms with E-state index in [4.69, 9.17) is 11.6 Å². The van der Waals surface area contributed by atoms with Gasteiger partial charge in [-0.15, -0.1) is 16.4 Å². The molecule has 13 heteroatoms. The maximum Gasteiger partial charge on any atom is 0.314 e. The second kappa shape index (κ2) is 10.8. The number of carbonyl (C=O) groups excluding carboxylic acids is 2. The number of urea groups is 1. The van der Waals surface area contributed by atoms with Crippen molar-refractivity contribution >= 4 is 33.6 Å². The molecule has 32 heavy (non-hydrogen) atoms. The molecular formula is C19H34ClFN6O4S. The molecule has 2 aliphatic carbocycles. The number of hydrogen-bond donors (Lipinski definition) is 5. The fourth-order valence-electron chi connectivity index (χ4n) is 4.82. The van der Waals surface area contributed by atoms with Crippen LogP contribution in [0.15, 0.2) is 0 Å². The van der Waals surface area contributed by atoms with E-state index in [1.54, 1.807) is 0 Å². The molecule has 2 saturated carbocycles. The van der Waals surface area contributed by atoms with Crippen molar-refractivity contribution < 1.29 is 22.4 Å². The third-order valence-corrected chi connectivity index (χ3v) is 8.29. The van der Waals surface area contributed by atoms with Gasteiger partial charge >= 0.3 is 6.03 Å². The molecule has 5 atom stereocenters. The molecular weight excluding hydrogens is 463 g/mol. The second-order valence-electron chi connectivity index (χ2n) is 9.22. The van der Waals surface area contributed by atoms with Gasteiger partial charge in [0.1, 0.15) is 6.17 Å². The Hall–Kier alpha value is -1.21. The smallest absolute Gasteiger partial charge is 0.314 e. The van der Waals surface area contributed by atoms with Gasteiger partial charge in [0.2, 0.25) is 15.9 Å². The van der Waals surface area contributed by atoms with Gasteiger partial charge in [0.05, 0.1) is 17.0 Å².